The maximum atomic E-state index is 13.0. The van der Waals surface area contributed by atoms with Gasteiger partial charge < -0.3 is 14.2 Å². The molecule has 1 amide bonds. The fourth-order valence-corrected chi connectivity index (χ4v) is 4.21. The maximum absolute atomic E-state index is 13.0. The molecule has 28 heavy (non-hydrogen) atoms. The predicted octanol–water partition coefficient (Wildman–Crippen LogP) is 3.02. The molecule has 2 aliphatic heterocycles. The molecule has 0 radical (unpaired) electrons. The van der Waals surface area contributed by atoms with Crippen LogP contribution in [-0.2, 0) is 11.2 Å². The van der Waals surface area contributed by atoms with E-state index in [1.165, 1.54) is 0 Å². The number of Topliss-reactive ketones (excluding diaryl/α,β-unsaturated/α-hetero) is 1. The van der Waals surface area contributed by atoms with Crippen molar-refractivity contribution in [3.8, 4) is 5.75 Å². The van der Waals surface area contributed by atoms with Gasteiger partial charge in [-0.2, -0.15) is 0 Å². The van der Waals surface area contributed by atoms with Crippen LogP contribution in [0.25, 0.3) is 11.0 Å². The van der Waals surface area contributed by atoms with Gasteiger partial charge in [-0.15, -0.1) is 0 Å². The van der Waals surface area contributed by atoms with Crippen LogP contribution in [0, 0.1) is 0 Å². The van der Waals surface area contributed by atoms with Gasteiger partial charge in [0.2, 0.25) is 0 Å². The smallest absolute Gasteiger partial charge is 0.253 e. The van der Waals surface area contributed by atoms with Gasteiger partial charge in [0.25, 0.3) is 5.91 Å². The van der Waals surface area contributed by atoms with Crippen molar-refractivity contribution < 1.29 is 14.3 Å². The molecule has 6 nitrogen and oxygen atoms in total. The molecule has 3 aromatic rings. The standard InChI is InChI=1S/C22H21N3O3/c26-18-12-16-11-15(5-6-21(16)28-13-18)22(27)24-9-7-17(8-10-24)25-14-23-19-3-1-2-4-20(19)25/h1-6,11,14,17H,7-10,12-13H2. The number of likely N-dealkylation sites (tertiary alicyclic amines) is 1. The number of benzene rings is 2. The Kier molecular flexibility index (Phi) is 4.11. The van der Waals surface area contributed by atoms with E-state index >= 15 is 0 Å². The van der Waals surface area contributed by atoms with Crippen molar-refractivity contribution in [3.63, 3.8) is 0 Å². The first kappa shape index (κ1) is 17.0. The van der Waals surface area contributed by atoms with E-state index in [1.807, 2.05) is 35.5 Å². The van der Waals surface area contributed by atoms with E-state index in [2.05, 4.69) is 15.6 Å². The lowest BCUT2D eigenvalue weighted by Gasteiger charge is -2.33. The summed E-state index contributed by atoms with van der Waals surface area (Å²) in [4.78, 5) is 31.0. The van der Waals surface area contributed by atoms with Gasteiger partial charge in [0.05, 0.1) is 17.4 Å². The molecule has 0 N–H and O–H groups in total. The highest BCUT2D eigenvalue weighted by Gasteiger charge is 2.26. The quantitative estimate of drug-likeness (QED) is 0.691. The normalized spacial score (nSPS) is 17.4. The van der Waals surface area contributed by atoms with Gasteiger partial charge in [0.15, 0.2) is 5.78 Å². The molecule has 0 bridgehead atoms. The molecule has 6 heteroatoms. The molecule has 0 saturated carbocycles. The van der Waals surface area contributed by atoms with Gasteiger partial charge in [0.1, 0.15) is 12.4 Å². The monoisotopic (exact) mass is 375 g/mol. The number of amides is 1. The zero-order chi connectivity index (χ0) is 19.1. The number of aromatic nitrogens is 2. The number of rotatable bonds is 2. The second-order valence-electron chi connectivity index (χ2n) is 7.49. The molecule has 1 fully saturated rings. The summed E-state index contributed by atoms with van der Waals surface area (Å²) in [5.41, 5.74) is 3.59. The highest BCUT2D eigenvalue weighted by Crippen LogP contribution is 2.29. The average molecular weight is 375 g/mol. The Morgan fingerprint density at radius 2 is 1.93 bits per heavy atom. The van der Waals surface area contributed by atoms with E-state index in [9.17, 15) is 9.59 Å². The SMILES string of the molecule is O=C1COc2ccc(C(=O)N3CCC(n4cnc5ccccc54)CC3)cc2C1. The van der Waals surface area contributed by atoms with Crippen LogP contribution in [0.1, 0.15) is 34.8 Å². The van der Waals surface area contributed by atoms with Crippen LogP contribution in [0.3, 0.4) is 0 Å². The van der Waals surface area contributed by atoms with Crippen LogP contribution < -0.4 is 4.74 Å². The molecule has 1 aromatic heterocycles. The largest absolute Gasteiger partial charge is 0.486 e. The number of ketones is 1. The van der Waals surface area contributed by atoms with Crippen molar-refractivity contribution >= 4 is 22.7 Å². The Hall–Kier alpha value is -3.15. The zero-order valence-electron chi connectivity index (χ0n) is 15.5. The summed E-state index contributed by atoms with van der Waals surface area (Å²) in [6.45, 7) is 1.54. The molecule has 5 rings (SSSR count). The lowest BCUT2D eigenvalue weighted by Crippen LogP contribution is -2.39. The predicted molar refractivity (Wildman–Crippen MR) is 105 cm³/mol. The van der Waals surface area contributed by atoms with Gasteiger partial charge in [-0.05, 0) is 43.2 Å². The Balaban J connectivity index is 1.30. The van der Waals surface area contributed by atoms with E-state index in [0.29, 0.717) is 36.9 Å². The van der Waals surface area contributed by atoms with Gasteiger partial charge >= 0.3 is 0 Å². The first-order chi connectivity index (χ1) is 13.7. The molecule has 0 unspecified atom stereocenters. The highest BCUT2D eigenvalue weighted by molar-refractivity contribution is 5.95. The minimum atomic E-state index is 0.0229. The highest BCUT2D eigenvalue weighted by atomic mass is 16.5. The van der Waals surface area contributed by atoms with Crippen molar-refractivity contribution in [1.29, 1.82) is 0 Å². The van der Waals surface area contributed by atoms with Crippen molar-refractivity contribution in [3.05, 3.63) is 59.9 Å². The van der Waals surface area contributed by atoms with Crippen molar-refractivity contribution in [1.82, 2.24) is 14.5 Å². The first-order valence-corrected chi connectivity index (χ1v) is 9.67. The minimum Gasteiger partial charge on any atom is -0.486 e. The van der Waals surface area contributed by atoms with Crippen LogP contribution in [0.5, 0.6) is 5.75 Å². The number of piperidine rings is 1. The summed E-state index contributed by atoms with van der Waals surface area (Å²) in [6.07, 6.45) is 4.05. The summed E-state index contributed by atoms with van der Waals surface area (Å²) in [5.74, 6) is 0.780. The summed E-state index contributed by atoms with van der Waals surface area (Å²) in [6, 6.07) is 13.9. The zero-order valence-corrected chi connectivity index (χ0v) is 15.5. The number of imidazole rings is 1. The van der Waals surface area contributed by atoms with Crippen LogP contribution >= 0.6 is 0 Å². The number of para-hydroxylation sites is 2. The molecular formula is C22H21N3O3. The van der Waals surface area contributed by atoms with Crippen LogP contribution in [0.15, 0.2) is 48.8 Å². The second kappa shape index (κ2) is 6.78. The Labute approximate surface area is 162 Å². The molecule has 0 atom stereocenters. The molecule has 0 aliphatic carbocycles. The third-order valence-corrected chi connectivity index (χ3v) is 5.71. The van der Waals surface area contributed by atoms with Crippen LogP contribution in [-0.4, -0.2) is 45.8 Å². The number of nitrogens with zero attached hydrogens (tertiary/aromatic N) is 3. The molecule has 2 aromatic carbocycles. The number of hydrogen-bond donors (Lipinski definition) is 0. The summed E-state index contributed by atoms with van der Waals surface area (Å²) < 4.78 is 7.66. The number of fused-ring (bicyclic) bond motifs is 2. The van der Waals surface area contributed by atoms with Gasteiger partial charge in [-0.3, -0.25) is 9.59 Å². The van der Waals surface area contributed by atoms with E-state index in [0.717, 1.165) is 29.4 Å². The Morgan fingerprint density at radius 3 is 2.79 bits per heavy atom. The van der Waals surface area contributed by atoms with Crippen LogP contribution in [0.2, 0.25) is 0 Å². The number of ether oxygens (including phenoxy) is 1. The average Bonchev–Trinajstić information content (AvgIpc) is 3.17. The van der Waals surface area contributed by atoms with Gasteiger partial charge in [-0.25, -0.2) is 4.98 Å². The van der Waals surface area contributed by atoms with Crippen molar-refractivity contribution in [2.75, 3.05) is 19.7 Å². The Morgan fingerprint density at radius 1 is 1.11 bits per heavy atom. The third kappa shape index (κ3) is 2.95. The number of hydrogen-bond acceptors (Lipinski definition) is 4. The first-order valence-electron chi connectivity index (χ1n) is 9.67. The maximum Gasteiger partial charge on any atom is 0.253 e. The summed E-state index contributed by atoms with van der Waals surface area (Å²) in [7, 11) is 0. The fourth-order valence-electron chi connectivity index (χ4n) is 4.21. The van der Waals surface area contributed by atoms with Crippen LogP contribution in [0.4, 0.5) is 0 Å². The molecular weight excluding hydrogens is 354 g/mol. The molecule has 3 heterocycles. The molecule has 2 aliphatic rings. The van der Waals surface area contributed by atoms with Gasteiger partial charge in [-0.1, -0.05) is 12.1 Å². The van der Waals surface area contributed by atoms with Gasteiger partial charge in [0, 0.05) is 36.7 Å². The lowest BCUT2D eigenvalue weighted by molar-refractivity contribution is -0.121. The van der Waals surface area contributed by atoms with E-state index in [1.54, 1.807) is 12.1 Å². The Bertz CT molecular complexity index is 1060. The minimum absolute atomic E-state index is 0.0229. The summed E-state index contributed by atoms with van der Waals surface area (Å²) >= 11 is 0. The summed E-state index contributed by atoms with van der Waals surface area (Å²) in [5, 5.41) is 0. The molecule has 1 saturated heterocycles. The fraction of sp³-hybridized carbons (Fsp3) is 0.318. The number of carbonyl (C=O) groups excluding carboxylic acids is 2. The lowest BCUT2D eigenvalue weighted by atomic mass is 10.00. The van der Waals surface area contributed by atoms with E-state index in [-0.39, 0.29) is 18.3 Å². The van der Waals surface area contributed by atoms with Crippen molar-refractivity contribution in [2.45, 2.75) is 25.3 Å². The number of carbonyl (C=O) groups is 2. The van der Waals surface area contributed by atoms with E-state index < -0.39 is 0 Å². The molecule has 142 valence electrons. The van der Waals surface area contributed by atoms with Crippen molar-refractivity contribution in [2.24, 2.45) is 0 Å². The van der Waals surface area contributed by atoms with E-state index in [4.69, 9.17) is 4.74 Å². The topological polar surface area (TPSA) is 64.4 Å². The second-order valence-corrected chi connectivity index (χ2v) is 7.49. The molecule has 0 spiro atoms. The third-order valence-electron chi connectivity index (χ3n) is 5.71.